The summed E-state index contributed by atoms with van der Waals surface area (Å²) in [6.07, 6.45) is -8.87. The number of carboxylic acids is 2. The summed E-state index contributed by atoms with van der Waals surface area (Å²) in [6, 6.07) is 24.6. The van der Waals surface area contributed by atoms with Crippen molar-refractivity contribution in [1.82, 2.24) is 0 Å². The molecule has 6 rings (SSSR count). The minimum Gasteiger partial charge on any atom is -0.481 e. The fraction of sp³-hybridized carbons (Fsp3) is 0.391. The smallest absolute Gasteiger partial charge is 0.307 e. The number of carboxylic acid groups (broad SMARTS) is 2. The van der Waals surface area contributed by atoms with E-state index in [2.05, 4.69) is 0 Å². The number of aliphatic hydroxyl groups is 8. The van der Waals surface area contributed by atoms with Gasteiger partial charge in [0.1, 0.15) is 60.3 Å². The first-order chi connectivity index (χ1) is 29.8. The van der Waals surface area contributed by atoms with E-state index >= 15 is 0 Å². The highest BCUT2D eigenvalue weighted by Crippen LogP contribution is 2.37. The summed E-state index contributed by atoms with van der Waals surface area (Å²) in [6.45, 7) is -1.26. The van der Waals surface area contributed by atoms with E-state index < -0.39 is 86.6 Å². The third kappa shape index (κ3) is 11.2. The Balaban J connectivity index is 1.17. The van der Waals surface area contributed by atoms with Gasteiger partial charge in [-0.3, -0.25) is 9.59 Å². The minimum absolute atomic E-state index is 0.208. The molecule has 0 unspecified atom stereocenters. The van der Waals surface area contributed by atoms with Crippen LogP contribution in [-0.4, -0.2) is 138 Å². The lowest BCUT2D eigenvalue weighted by molar-refractivity contribution is -0.277. The summed E-state index contributed by atoms with van der Waals surface area (Å²) >= 11 is 0. The zero-order valence-corrected chi connectivity index (χ0v) is 33.6. The zero-order valence-electron chi connectivity index (χ0n) is 33.6. The number of rotatable bonds is 18. The Bertz CT molecular complexity index is 2170. The molecule has 332 valence electrons. The molecule has 0 amide bonds. The fourth-order valence-electron chi connectivity index (χ4n) is 7.55. The first-order valence-electron chi connectivity index (χ1n) is 20.2. The van der Waals surface area contributed by atoms with Crippen LogP contribution in [0, 0.1) is 0 Å². The molecule has 10 atom stereocenters. The third-order valence-corrected chi connectivity index (χ3v) is 10.9. The summed E-state index contributed by atoms with van der Waals surface area (Å²) in [4.78, 5) is 23.2. The van der Waals surface area contributed by atoms with Gasteiger partial charge in [0.15, 0.2) is 0 Å². The predicted molar refractivity (Wildman–Crippen MR) is 221 cm³/mol. The zero-order chi connectivity index (χ0) is 44.5. The summed E-state index contributed by atoms with van der Waals surface area (Å²) in [7, 11) is 0. The Morgan fingerprint density at radius 3 is 1.58 bits per heavy atom. The standard InChI is InChI=1S/C46H52O16/c47-23-35-39(53)41(55)43(57)45(61-35)59-33-16-14-25(19-31(33)28-12-7-10-27(18-28)21-37(49)50)8-3-1-2-4-9-26-15-17-34(60-46-44(58)42(56)40(54)36(24-48)62-46)32(20-26)30-13-6-5-11-29(30)22-38(51)52/h1-2,5-7,10-20,35-36,39-48,53-58H,3-4,8-9,21-24H2,(H,49,50)(H,51,52)/b2-1+/t35-,36-,39-,40-,41-,42-,43+,44+,45+,46+/m1/s1. The highest BCUT2D eigenvalue weighted by atomic mass is 16.7. The van der Waals surface area contributed by atoms with Crippen LogP contribution in [0.4, 0.5) is 0 Å². The summed E-state index contributed by atoms with van der Waals surface area (Å²) in [5.41, 5.74) is 5.16. The maximum absolute atomic E-state index is 11.8. The van der Waals surface area contributed by atoms with Crippen LogP contribution >= 0.6 is 0 Å². The molecule has 2 heterocycles. The monoisotopic (exact) mass is 860 g/mol. The van der Waals surface area contributed by atoms with Crippen LogP contribution in [0.1, 0.15) is 35.1 Å². The third-order valence-electron chi connectivity index (χ3n) is 10.9. The molecule has 62 heavy (non-hydrogen) atoms. The molecular weight excluding hydrogens is 808 g/mol. The largest absolute Gasteiger partial charge is 0.481 e. The van der Waals surface area contributed by atoms with Gasteiger partial charge in [-0.1, -0.05) is 72.8 Å². The molecule has 10 N–H and O–H groups in total. The van der Waals surface area contributed by atoms with E-state index in [4.69, 9.17) is 18.9 Å². The molecule has 2 aliphatic heterocycles. The van der Waals surface area contributed by atoms with Gasteiger partial charge in [0.25, 0.3) is 0 Å². The quantitative estimate of drug-likeness (QED) is 0.0639. The van der Waals surface area contributed by atoms with Crippen LogP contribution in [0.25, 0.3) is 22.3 Å². The lowest BCUT2D eigenvalue weighted by atomic mass is 9.94. The van der Waals surface area contributed by atoms with Gasteiger partial charge in [-0.05, 0) is 83.3 Å². The molecule has 4 aromatic carbocycles. The van der Waals surface area contributed by atoms with Gasteiger partial charge >= 0.3 is 11.9 Å². The van der Waals surface area contributed by atoms with E-state index in [0.29, 0.717) is 59.1 Å². The van der Waals surface area contributed by atoms with Gasteiger partial charge in [0, 0.05) is 11.1 Å². The second-order valence-corrected chi connectivity index (χ2v) is 15.3. The number of aliphatic carboxylic acids is 2. The number of aryl methyl sites for hydroxylation is 2. The van der Waals surface area contributed by atoms with Crippen LogP contribution in [-0.2, 0) is 44.7 Å². The minimum atomic E-state index is -1.65. The molecule has 0 saturated carbocycles. The number of aliphatic hydroxyl groups excluding tert-OH is 8. The molecule has 0 spiro atoms. The second kappa shape index (κ2) is 21.2. The Morgan fingerprint density at radius 1 is 0.532 bits per heavy atom. The van der Waals surface area contributed by atoms with Gasteiger partial charge in [-0.25, -0.2) is 0 Å². The van der Waals surface area contributed by atoms with Crippen molar-refractivity contribution in [3.05, 3.63) is 119 Å². The fourth-order valence-corrected chi connectivity index (χ4v) is 7.55. The van der Waals surface area contributed by atoms with E-state index in [1.807, 2.05) is 36.4 Å². The van der Waals surface area contributed by atoms with Gasteiger partial charge in [-0.2, -0.15) is 0 Å². The molecule has 4 aromatic rings. The Hall–Kier alpha value is -5.24. The lowest BCUT2D eigenvalue weighted by Crippen LogP contribution is -2.60. The van der Waals surface area contributed by atoms with Gasteiger partial charge in [-0.15, -0.1) is 0 Å². The molecule has 16 nitrogen and oxygen atoms in total. The van der Waals surface area contributed by atoms with Crippen molar-refractivity contribution in [2.75, 3.05) is 13.2 Å². The molecule has 16 heteroatoms. The first-order valence-corrected chi connectivity index (χ1v) is 20.2. The second-order valence-electron chi connectivity index (χ2n) is 15.3. The average Bonchev–Trinajstić information content (AvgIpc) is 3.25. The van der Waals surface area contributed by atoms with Gasteiger partial charge < -0.3 is 70.0 Å². The molecule has 2 fully saturated rings. The number of allylic oxidation sites excluding steroid dienone is 2. The number of benzene rings is 4. The maximum Gasteiger partial charge on any atom is 0.307 e. The Kier molecular flexibility index (Phi) is 15.8. The van der Waals surface area contributed by atoms with Crippen molar-refractivity contribution >= 4 is 11.9 Å². The van der Waals surface area contributed by atoms with Crippen LogP contribution in [0.3, 0.4) is 0 Å². The summed E-state index contributed by atoms with van der Waals surface area (Å²) in [5.74, 6) is -1.55. The molecule has 0 aliphatic carbocycles. The topological polar surface area (TPSA) is 273 Å². The Labute approximate surface area is 357 Å². The highest BCUT2D eigenvalue weighted by Gasteiger charge is 2.46. The molecule has 2 aliphatic rings. The van der Waals surface area contributed by atoms with E-state index in [1.54, 1.807) is 60.7 Å². The average molecular weight is 861 g/mol. The molecular formula is C46H52O16. The number of ether oxygens (including phenoxy) is 4. The molecule has 2 saturated heterocycles. The van der Waals surface area contributed by atoms with Crippen molar-refractivity contribution in [2.45, 2.75) is 99.9 Å². The van der Waals surface area contributed by atoms with Crippen molar-refractivity contribution in [1.29, 1.82) is 0 Å². The summed E-state index contributed by atoms with van der Waals surface area (Å²) < 4.78 is 23.3. The predicted octanol–water partition coefficient (Wildman–Crippen LogP) is 1.75. The van der Waals surface area contributed by atoms with E-state index in [0.717, 1.165) is 11.1 Å². The molecule has 0 aromatic heterocycles. The van der Waals surface area contributed by atoms with E-state index in [-0.39, 0.29) is 24.3 Å². The SMILES string of the molecule is O=C(O)Cc1cccc(-c2cc(CC/C=C/CCc3ccc(O[C@H]4O[C@H](CO)[C@@H](O)[C@@H](O)[C@@H]4O)c(-c4ccccc4CC(=O)O)c3)ccc2O[C@H]2O[C@H](CO)[C@@H](O)[C@@H](O)[C@@H]2O)c1. The molecule has 0 radical (unpaired) electrons. The van der Waals surface area contributed by atoms with Crippen molar-refractivity contribution < 1.29 is 79.6 Å². The van der Waals surface area contributed by atoms with Crippen molar-refractivity contribution in [3.8, 4) is 33.8 Å². The first kappa shape index (κ1) is 46.3. The van der Waals surface area contributed by atoms with Crippen molar-refractivity contribution in [3.63, 3.8) is 0 Å². The van der Waals surface area contributed by atoms with E-state index in [9.17, 15) is 60.7 Å². The lowest BCUT2D eigenvalue weighted by Gasteiger charge is -2.39. The van der Waals surface area contributed by atoms with Crippen LogP contribution < -0.4 is 9.47 Å². The van der Waals surface area contributed by atoms with E-state index in [1.165, 1.54) is 0 Å². The van der Waals surface area contributed by atoms with Gasteiger partial charge in [0.2, 0.25) is 12.6 Å². The summed E-state index contributed by atoms with van der Waals surface area (Å²) in [5, 5.41) is 101. The van der Waals surface area contributed by atoms with Crippen molar-refractivity contribution in [2.24, 2.45) is 0 Å². The van der Waals surface area contributed by atoms with Crippen LogP contribution in [0.2, 0.25) is 0 Å². The normalized spacial score (nSPS) is 26.3. The molecule has 0 bridgehead atoms. The highest BCUT2D eigenvalue weighted by molar-refractivity contribution is 5.79. The van der Waals surface area contributed by atoms with Crippen LogP contribution in [0.5, 0.6) is 11.5 Å². The number of hydrogen-bond acceptors (Lipinski definition) is 14. The Morgan fingerprint density at radius 2 is 1.05 bits per heavy atom. The van der Waals surface area contributed by atoms with Gasteiger partial charge in [0.05, 0.1) is 26.1 Å². The van der Waals surface area contributed by atoms with Crippen LogP contribution in [0.15, 0.2) is 97.1 Å². The maximum atomic E-state index is 11.8. The number of carbonyl (C=O) groups is 2. The number of hydrogen-bond donors (Lipinski definition) is 10.